The van der Waals surface area contributed by atoms with Crippen LogP contribution in [-0.2, 0) is 4.79 Å². The van der Waals surface area contributed by atoms with Crippen LogP contribution < -0.4 is 0 Å². The van der Waals surface area contributed by atoms with Gasteiger partial charge in [-0.05, 0) is 63.2 Å². The van der Waals surface area contributed by atoms with Gasteiger partial charge in [0.2, 0.25) is 5.91 Å². The minimum absolute atomic E-state index is 0.000580. The lowest BCUT2D eigenvalue weighted by Gasteiger charge is -2.37. The number of nitrogens with zero attached hydrogens (tertiary/aromatic N) is 2. The normalized spacial score (nSPS) is 19.2. The summed E-state index contributed by atoms with van der Waals surface area (Å²) in [5.74, 6) is 0.660. The summed E-state index contributed by atoms with van der Waals surface area (Å²) < 4.78 is 0. The van der Waals surface area contributed by atoms with Crippen molar-refractivity contribution in [2.45, 2.75) is 44.9 Å². The molecule has 2 aliphatic heterocycles. The van der Waals surface area contributed by atoms with Gasteiger partial charge in [0.15, 0.2) is 5.78 Å². The smallest absolute Gasteiger partial charge is 0.229 e. The first kappa shape index (κ1) is 21.8. The fraction of sp³-hybridized carbons (Fsp3) is 0.481. The molecule has 4 heteroatoms. The molecule has 0 bridgehead atoms. The highest BCUT2D eigenvalue weighted by atomic mass is 16.2. The number of hydrogen-bond acceptors (Lipinski definition) is 3. The maximum absolute atomic E-state index is 13.2. The van der Waals surface area contributed by atoms with E-state index < -0.39 is 0 Å². The van der Waals surface area contributed by atoms with Gasteiger partial charge in [-0.25, -0.2) is 0 Å². The van der Waals surface area contributed by atoms with Gasteiger partial charge in [0.05, 0.1) is 5.92 Å². The molecule has 0 radical (unpaired) electrons. The first-order valence-electron chi connectivity index (χ1n) is 11.8. The SMILES string of the molecule is CC(C(=O)N1CCC(CN2CCCCC2)CC1)c1cccc(C(=O)c2ccccc2)c1. The third-order valence-corrected chi connectivity index (χ3v) is 6.95. The molecule has 2 aliphatic rings. The standard InChI is InChI=1S/C27H34N2O2/c1-21(24-11-8-12-25(19-24)26(30)23-9-4-2-5-10-23)27(31)29-17-13-22(14-18-29)20-28-15-6-3-7-16-28/h2,4-5,8-12,19,21-22H,3,6-7,13-18,20H2,1H3. The molecule has 0 aromatic heterocycles. The van der Waals surface area contributed by atoms with E-state index in [-0.39, 0.29) is 17.6 Å². The second-order valence-corrected chi connectivity index (χ2v) is 9.17. The monoisotopic (exact) mass is 418 g/mol. The van der Waals surface area contributed by atoms with E-state index in [1.807, 2.05) is 66.4 Å². The lowest BCUT2D eigenvalue weighted by atomic mass is 9.92. The van der Waals surface area contributed by atoms with Crippen molar-refractivity contribution in [2.75, 3.05) is 32.7 Å². The summed E-state index contributed by atoms with van der Waals surface area (Å²) in [4.78, 5) is 30.6. The molecule has 0 aliphatic carbocycles. The van der Waals surface area contributed by atoms with E-state index in [2.05, 4.69) is 4.90 Å². The molecule has 4 rings (SSSR count). The topological polar surface area (TPSA) is 40.6 Å². The van der Waals surface area contributed by atoms with E-state index in [1.165, 1.54) is 38.9 Å². The van der Waals surface area contributed by atoms with Crippen LogP contribution in [0.25, 0.3) is 0 Å². The van der Waals surface area contributed by atoms with E-state index >= 15 is 0 Å². The number of hydrogen-bond donors (Lipinski definition) is 0. The van der Waals surface area contributed by atoms with Gasteiger partial charge < -0.3 is 9.80 Å². The Hall–Kier alpha value is -2.46. The summed E-state index contributed by atoms with van der Waals surface area (Å²) in [5.41, 5.74) is 2.24. The van der Waals surface area contributed by atoms with Gasteiger partial charge in [0, 0.05) is 30.8 Å². The fourth-order valence-electron chi connectivity index (χ4n) is 4.96. The summed E-state index contributed by atoms with van der Waals surface area (Å²) in [6, 6.07) is 16.9. The molecule has 4 nitrogen and oxygen atoms in total. The Morgan fingerprint density at radius 2 is 1.55 bits per heavy atom. The second kappa shape index (κ2) is 10.2. The molecule has 0 N–H and O–H groups in total. The van der Waals surface area contributed by atoms with Crippen LogP contribution >= 0.6 is 0 Å². The van der Waals surface area contributed by atoms with Crippen LogP contribution in [0.1, 0.15) is 66.4 Å². The average molecular weight is 419 g/mol. The maximum Gasteiger partial charge on any atom is 0.229 e. The van der Waals surface area contributed by atoms with Crippen molar-refractivity contribution in [1.82, 2.24) is 9.80 Å². The number of benzene rings is 2. The third kappa shape index (κ3) is 5.43. The van der Waals surface area contributed by atoms with E-state index in [0.717, 1.165) is 31.5 Å². The Morgan fingerprint density at radius 1 is 0.871 bits per heavy atom. The van der Waals surface area contributed by atoms with Crippen LogP contribution in [0.5, 0.6) is 0 Å². The van der Waals surface area contributed by atoms with Gasteiger partial charge >= 0.3 is 0 Å². The number of carbonyl (C=O) groups is 2. The van der Waals surface area contributed by atoms with Gasteiger partial charge in [0.1, 0.15) is 0 Å². The van der Waals surface area contributed by atoms with E-state index in [0.29, 0.717) is 17.0 Å². The first-order valence-corrected chi connectivity index (χ1v) is 11.8. The molecular formula is C27H34N2O2. The molecule has 1 atom stereocenters. The van der Waals surface area contributed by atoms with Crippen LogP contribution in [0.15, 0.2) is 54.6 Å². The van der Waals surface area contributed by atoms with Gasteiger partial charge in [-0.3, -0.25) is 9.59 Å². The summed E-state index contributed by atoms with van der Waals surface area (Å²) in [6.45, 7) is 7.35. The molecule has 2 saturated heterocycles. The number of piperidine rings is 2. The quantitative estimate of drug-likeness (QED) is 0.636. The minimum atomic E-state index is -0.234. The van der Waals surface area contributed by atoms with Crippen molar-refractivity contribution < 1.29 is 9.59 Å². The molecule has 1 amide bonds. The maximum atomic E-state index is 13.2. The van der Waals surface area contributed by atoms with Crippen molar-refractivity contribution in [3.05, 3.63) is 71.3 Å². The number of ketones is 1. The zero-order valence-electron chi connectivity index (χ0n) is 18.6. The fourth-order valence-corrected chi connectivity index (χ4v) is 4.96. The van der Waals surface area contributed by atoms with Crippen LogP contribution in [-0.4, -0.2) is 54.2 Å². The van der Waals surface area contributed by atoms with Crippen LogP contribution in [0.2, 0.25) is 0 Å². The van der Waals surface area contributed by atoms with E-state index in [9.17, 15) is 9.59 Å². The Kier molecular flexibility index (Phi) is 7.18. The Morgan fingerprint density at radius 3 is 2.26 bits per heavy atom. The highest BCUT2D eigenvalue weighted by molar-refractivity contribution is 6.09. The molecule has 2 aromatic rings. The Balaban J connectivity index is 1.35. The predicted octanol–water partition coefficient (Wildman–Crippen LogP) is 4.75. The second-order valence-electron chi connectivity index (χ2n) is 9.17. The molecule has 2 heterocycles. The number of likely N-dealkylation sites (tertiary alicyclic amines) is 2. The Bertz CT molecular complexity index is 881. The van der Waals surface area contributed by atoms with Crippen LogP contribution in [0.4, 0.5) is 0 Å². The molecule has 2 fully saturated rings. The van der Waals surface area contributed by atoms with Gasteiger partial charge in [-0.1, -0.05) is 55.0 Å². The van der Waals surface area contributed by atoms with Crippen LogP contribution in [0, 0.1) is 5.92 Å². The minimum Gasteiger partial charge on any atom is -0.342 e. The molecule has 0 spiro atoms. The molecular weight excluding hydrogens is 384 g/mol. The zero-order valence-corrected chi connectivity index (χ0v) is 18.6. The molecule has 0 saturated carbocycles. The van der Waals surface area contributed by atoms with Gasteiger partial charge in [0.25, 0.3) is 0 Å². The highest BCUT2D eigenvalue weighted by Gasteiger charge is 2.28. The summed E-state index contributed by atoms with van der Waals surface area (Å²) in [5, 5.41) is 0. The van der Waals surface area contributed by atoms with Gasteiger partial charge in [-0.2, -0.15) is 0 Å². The lowest BCUT2D eigenvalue weighted by molar-refractivity contribution is -0.133. The van der Waals surface area contributed by atoms with Crippen molar-refractivity contribution in [1.29, 1.82) is 0 Å². The molecule has 164 valence electrons. The predicted molar refractivity (Wildman–Crippen MR) is 124 cm³/mol. The first-order chi connectivity index (χ1) is 15.1. The molecule has 31 heavy (non-hydrogen) atoms. The zero-order chi connectivity index (χ0) is 21.6. The molecule has 2 aromatic carbocycles. The number of amides is 1. The average Bonchev–Trinajstić information content (AvgIpc) is 2.84. The van der Waals surface area contributed by atoms with Crippen molar-refractivity contribution in [3.63, 3.8) is 0 Å². The van der Waals surface area contributed by atoms with Crippen molar-refractivity contribution in [2.24, 2.45) is 5.92 Å². The summed E-state index contributed by atoms with van der Waals surface area (Å²) in [6.07, 6.45) is 6.24. The van der Waals surface area contributed by atoms with E-state index in [4.69, 9.17) is 0 Å². The third-order valence-electron chi connectivity index (χ3n) is 6.95. The highest BCUT2D eigenvalue weighted by Crippen LogP contribution is 2.25. The van der Waals surface area contributed by atoms with Gasteiger partial charge in [-0.15, -0.1) is 0 Å². The van der Waals surface area contributed by atoms with Crippen molar-refractivity contribution >= 4 is 11.7 Å². The number of carbonyl (C=O) groups excluding carboxylic acids is 2. The van der Waals surface area contributed by atoms with E-state index in [1.54, 1.807) is 0 Å². The summed E-state index contributed by atoms with van der Waals surface area (Å²) >= 11 is 0. The summed E-state index contributed by atoms with van der Waals surface area (Å²) in [7, 11) is 0. The Labute approximate surface area is 186 Å². The molecule has 1 unspecified atom stereocenters. The lowest BCUT2D eigenvalue weighted by Crippen LogP contribution is -2.43. The number of rotatable bonds is 6. The van der Waals surface area contributed by atoms with Crippen molar-refractivity contribution in [3.8, 4) is 0 Å². The largest absolute Gasteiger partial charge is 0.342 e. The van der Waals surface area contributed by atoms with Crippen LogP contribution in [0.3, 0.4) is 0 Å².